The molecule has 5 aliphatic rings. The zero-order valence-corrected chi connectivity index (χ0v) is 28.2. The maximum absolute atomic E-state index is 14.0. The second-order valence-corrected chi connectivity index (χ2v) is 14.4. The van der Waals surface area contributed by atoms with Crippen LogP contribution in [-0.4, -0.2) is 50.2 Å². The van der Waals surface area contributed by atoms with Gasteiger partial charge in [-0.05, 0) is 75.1 Å². The molecule has 7 atom stereocenters. The van der Waals surface area contributed by atoms with Gasteiger partial charge in [-0.1, -0.05) is 31.5 Å². The number of halogens is 2. The van der Waals surface area contributed by atoms with Crippen molar-refractivity contribution in [2.24, 2.45) is 44.0 Å². The largest absolute Gasteiger partial charge is 0.504 e. The summed E-state index contributed by atoms with van der Waals surface area (Å²) in [5, 5.41) is 11.2. The maximum atomic E-state index is 14.0. The smallest absolute Gasteiger partial charge is 0.302 e. The molecule has 2 saturated carbocycles. The second kappa shape index (κ2) is 10.8. The lowest BCUT2D eigenvalue weighted by atomic mass is 9.39. The molecular formula is C32H39Cl2N7O6. The number of nitrogens with zero attached hydrogens (tertiary/aromatic N) is 3. The Balaban J connectivity index is 0.000000231. The number of hydrogen-bond donors (Lipinski definition) is 5. The van der Waals surface area contributed by atoms with Crippen LogP contribution in [0.4, 0.5) is 11.6 Å². The van der Waals surface area contributed by atoms with Crippen LogP contribution in [0.1, 0.15) is 75.9 Å². The van der Waals surface area contributed by atoms with Crippen LogP contribution in [0.3, 0.4) is 0 Å². The summed E-state index contributed by atoms with van der Waals surface area (Å²) in [6.07, 6.45) is 9.76. The molecule has 15 heteroatoms. The first-order valence-electron chi connectivity index (χ1n) is 15.0. The number of Topliss-reactive ketones (excluding diaryl/α,β-unsaturated/α-hetero) is 1. The van der Waals surface area contributed by atoms with E-state index >= 15 is 0 Å². The quantitative estimate of drug-likeness (QED) is 0.171. The van der Waals surface area contributed by atoms with Crippen molar-refractivity contribution in [2.45, 2.75) is 71.5 Å². The fraction of sp³-hybridized carbons (Fsp3) is 0.500. The average Bonchev–Trinajstić information content (AvgIpc) is 3.33. The molecule has 4 aliphatic carbocycles. The van der Waals surface area contributed by atoms with Gasteiger partial charge in [0.1, 0.15) is 5.60 Å². The number of fused-ring (bicyclic) bond motifs is 3. The molecule has 0 radical (unpaired) electrons. The van der Waals surface area contributed by atoms with E-state index in [0.717, 1.165) is 19.3 Å². The molecule has 1 spiro atoms. The molecule has 0 bridgehead atoms. The third-order valence-electron chi connectivity index (χ3n) is 11.5. The average molecular weight is 689 g/mol. The molecule has 7 unspecified atom stereocenters. The third kappa shape index (κ3) is 4.39. The van der Waals surface area contributed by atoms with Crippen LogP contribution in [0, 0.1) is 27.6 Å². The number of allylic oxidation sites excluding steroid dienone is 4. The third-order valence-corrected chi connectivity index (χ3v) is 11.8. The number of guanidine groups is 1. The van der Waals surface area contributed by atoms with E-state index in [1.54, 1.807) is 12.3 Å². The number of carbonyl (C=O) groups is 3. The van der Waals surface area contributed by atoms with Crippen LogP contribution in [0.5, 0.6) is 0 Å². The van der Waals surface area contributed by atoms with E-state index in [4.69, 9.17) is 43.7 Å². The zero-order chi connectivity index (χ0) is 33.8. The lowest BCUT2D eigenvalue weighted by Gasteiger charge is -2.62. The van der Waals surface area contributed by atoms with Crippen molar-refractivity contribution >= 4 is 59.1 Å². The minimum atomic E-state index is -0.901. The standard InChI is InChI=1S/C26H30O5.C6H8ClN7O.ClH/c1-22(2)17(27)7-9-23(3)16-6-10-24(4)15(14-8-11-30-13-14)12-18-26(24,31-18)25(16,5)21(29)19(28)20(22)23;7-2-4(9)13-3(8)1(12-2)5(15)14-6(10)11;/h7-9,11,13,15-16,18,28H,6,10,12H2,1-5H3;(H4,8,9,13)(H4,10,11,14,15);1H. The lowest BCUT2D eigenvalue weighted by molar-refractivity contribution is -0.162. The van der Waals surface area contributed by atoms with Crippen LogP contribution >= 0.6 is 24.0 Å². The number of nitrogens with two attached hydrogens (primary N) is 4. The fourth-order valence-electron chi connectivity index (χ4n) is 9.55. The number of furan rings is 1. The highest BCUT2D eigenvalue weighted by molar-refractivity contribution is 6.31. The Morgan fingerprint density at radius 1 is 1.11 bits per heavy atom. The molecule has 3 fully saturated rings. The van der Waals surface area contributed by atoms with E-state index in [1.807, 2.05) is 39.2 Å². The summed E-state index contributed by atoms with van der Waals surface area (Å²) in [6.45, 7) is 10.0. The van der Waals surface area contributed by atoms with Gasteiger partial charge in [0, 0.05) is 10.8 Å². The molecule has 13 nitrogen and oxygen atoms in total. The highest BCUT2D eigenvalue weighted by atomic mass is 35.5. The summed E-state index contributed by atoms with van der Waals surface area (Å²) < 4.78 is 11.9. The molecule has 7 rings (SSSR count). The van der Waals surface area contributed by atoms with Gasteiger partial charge in [-0.25, -0.2) is 9.97 Å². The second-order valence-electron chi connectivity index (χ2n) is 14.0. The minimum Gasteiger partial charge on any atom is -0.504 e. The first kappa shape index (κ1) is 34.4. The van der Waals surface area contributed by atoms with Crippen LogP contribution in [0.2, 0.25) is 5.15 Å². The molecule has 1 amide bonds. The molecular weight excluding hydrogens is 649 g/mol. The van der Waals surface area contributed by atoms with Crippen molar-refractivity contribution in [1.29, 1.82) is 0 Å². The number of carbonyl (C=O) groups excluding carboxylic acids is 3. The fourth-order valence-corrected chi connectivity index (χ4v) is 9.68. The normalized spacial score (nSPS) is 35.7. The Hall–Kier alpha value is -3.94. The minimum absolute atomic E-state index is 0. The van der Waals surface area contributed by atoms with Crippen molar-refractivity contribution < 1.29 is 28.6 Å². The molecule has 1 aliphatic heterocycles. The van der Waals surface area contributed by atoms with Gasteiger partial charge in [0.25, 0.3) is 0 Å². The highest BCUT2D eigenvalue weighted by Crippen LogP contribution is 2.81. The Morgan fingerprint density at radius 3 is 2.40 bits per heavy atom. The lowest BCUT2D eigenvalue weighted by Crippen LogP contribution is -2.66. The van der Waals surface area contributed by atoms with Crippen LogP contribution in [-0.2, 0) is 14.3 Å². The van der Waals surface area contributed by atoms with Gasteiger partial charge < -0.3 is 37.2 Å². The summed E-state index contributed by atoms with van der Waals surface area (Å²) in [5.41, 5.74) is 19.1. The van der Waals surface area contributed by atoms with Crippen LogP contribution in [0.25, 0.3) is 0 Å². The number of hydrogen-bond acceptors (Lipinski definition) is 10. The summed E-state index contributed by atoms with van der Waals surface area (Å²) in [7, 11) is 0. The van der Waals surface area contributed by atoms with Crippen LogP contribution < -0.4 is 22.9 Å². The number of ether oxygens (including phenoxy) is 1. The van der Waals surface area contributed by atoms with E-state index in [-0.39, 0.29) is 75.6 Å². The molecule has 2 aromatic heterocycles. The number of aromatic nitrogens is 2. The number of amides is 1. The van der Waals surface area contributed by atoms with Crippen molar-refractivity contribution in [3.8, 4) is 0 Å². The Bertz CT molecular complexity index is 1790. The molecule has 9 N–H and O–H groups in total. The predicted molar refractivity (Wildman–Crippen MR) is 177 cm³/mol. The molecule has 1 saturated heterocycles. The zero-order valence-electron chi connectivity index (χ0n) is 26.7. The van der Waals surface area contributed by atoms with Gasteiger partial charge in [-0.2, -0.15) is 4.99 Å². The van der Waals surface area contributed by atoms with Gasteiger partial charge in [-0.15, -0.1) is 12.4 Å². The van der Waals surface area contributed by atoms with Crippen molar-refractivity contribution in [1.82, 2.24) is 9.97 Å². The van der Waals surface area contributed by atoms with Crippen LogP contribution in [0.15, 0.2) is 51.5 Å². The monoisotopic (exact) mass is 687 g/mol. The number of ketones is 2. The maximum Gasteiger partial charge on any atom is 0.302 e. The molecule has 0 aromatic carbocycles. The number of aliphatic imine (C=N–C) groups is 1. The molecule has 47 heavy (non-hydrogen) atoms. The first-order valence-corrected chi connectivity index (χ1v) is 15.4. The Labute approximate surface area is 282 Å². The number of aliphatic hydroxyl groups excluding tert-OH is 1. The van der Waals surface area contributed by atoms with Gasteiger partial charge in [0.15, 0.2) is 40.0 Å². The SMILES string of the molecule is CC1(C)C(=O)C=CC2(C)C1=C(O)C(=O)C1(C)C2CCC2(C)C(c3ccoc3)CC3OC321.Cl.NC(N)=NC(=O)c1nc(Cl)c(N)nc1N. The van der Waals surface area contributed by atoms with E-state index in [0.29, 0.717) is 5.57 Å². The highest BCUT2D eigenvalue weighted by Gasteiger charge is 2.87. The number of rotatable bonds is 2. The van der Waals surface area contributed by atoms with Gasteiger partial charge >= 0.3 is 5.91 Å². The summed E-state index contributed by atoms with van der Waals surface area (Å²) in [6, 6.07) is 2.03. The number of anilines is 2. The number of epoxide rings is 1. The molecule has 2 aromatic rings. The van der Waals surface area contributed by atoms with E-state index in [1.165, 1.54) is 5.56 Å². The van der Waals surface area contributed by atoms with Gasteiger partial charge in [0.2, 0.25) is 5.78 Å². The van der Waals surface area contributed by atoms with E-state index < -0.39 is 33.7 Å². The van der Waals surface area contributed by atoms with Crippen molar-refractivity contribution in [3.63, 3.8) is 0 Å². The topological polar surface area (TPSA) is 239 Å². The predicted octanol–water partition coefficient (Wildman–Crippen LogP) is 4.02. The summed E-state index contributed by atoms with van der Waals surface area (Å²) >= 11 is 5.55. The molecule has 3 heterocycles. The van der Waals surface area contributed by atoms with E-state index in [2.05, 4.69) is 28.8 Å². The van der Waals surface area contributed by atoms with Crippen molar-refractivity contribution in [2.75, 3.05) is 11.5 Å². The Kier molecular flexibility index (Phi) is 7.90. The van der Waals surface area contributed by atoms with E-state index in [9.17, 15) is 19.5 Å². The first-order chi connectivity index (χ1) is 21.4. The summed E-state index contributed by atoms with van der Waals surface area (Å²) in [4.78, 5) is 48.5. The molecule has 252 valence electrons. The number of aliphatic hydroxyl groups is 1. The van der Waals surface area contributed by atoms with Gasteiger partial charge in [0.05, 0.1) is 29.5 Å². The summed E-state index contributed by atoms with van der Waals surface area (Å²) in [5.74, 6) is -1.81. The Morgan fingerprint density at radius 2 is 1.79 bits per heavy atom. The number of nitrogen functional groups attached to an aromatic ring is 2. The van der Waals surface area contributed by atoms with Gasteiger partial charge in [-0.3, -0.25) is 14.4 Å². The van der Waals surface area contributed by atoms with Crippen molar-refractivity contribution in [3.05, 3.63) is 58.5 Å².